The lowest BCUT2D eigenvalue weighted by Crippen LogP contribution is -2.38. The number of hydrogen-bond donors (Lipinski definition) is 1. The van der Waals surface area contributed by atoms with Crippen LogP contribution in [0.3, 0.4) is 0 Å². The Hall–Kier alpha value is -2.78. The van der Waals surface area contributed by atoms with Crippen molar-refractivity contribution < 1.29 is 27.5 Å². The number of alkyl halides is 3. The predicted molar refractivity (Wildman–Crippen MR) is 126 cm³/mol. The highest BCUT2D eigenvalue weighted by Gasteiger charge is 2.35. The molecule has 6 nitrogen and oxygen atoms in total. The standard InChI is InChI=1S/C24H27ClF3N3O3/c1-5-30(6-2)9-10-31-19-8-7-15(24(26,27)28)11-21(19)34-20-13-18(29-22(32)14(3)4)17(25)12-16(20)23(31)33/h7-8,11-14H,5-6,9-10H2,1-4H3,(H,29,32). The number of carbonyl (C=O) groups excluding carboxylic acids is 2. The highest BCUT2D eigenvalue weighted by atomic mass is 35.5. The molecular weight excluding hydrogens is 471 g/mol. The van der Waals surface area contributed by atoms with E-state index in [9.17, 15) is 22.8 Å². The molecule has 10 heteroatoms. The van der Waals surface area contributed by atoms with Crippen molar-refractivity contribution in [3.8, 4) is 11.5 Å². The van der Waals surface area contributed by atoms with Crippen LogP contribution in [0.4, 0.5) is 24.5 Å². The Labute approximate surface area is 201 Å². The molecule has 0 aliphatic carbocycles. The summed E-state index contributed by atoms with van der Waals surface area (Å²) in [5.74, 6) is -1.18. The molecule has 2 amide bonds. The van der Waals surface area contributed by atoms with E-state index in [0.717, 1.165) is 25.2 Å². The van der Waals surface area contributed by atoms with Crippen LogP contribution < -0.4 is 15.0 Å². The quantitative estimate of drug-likeness (QED) is 0.506. The van der Waals surface area contributed by atoms with Crippen molar-refractivity contribution in [1.82, 2.24) is 4.90 Å². The van der Waals surface area contributed by atoms with Crippen molar-refractivity contribution in [3.05, 3.63) is 46.5 Å². The molecule has 0 fully saturated rings. The van der Waals surface area contributed by atoms with Crippen LogP contribution in [-0.2, 0) is 11.0 Å². The van der Waals surface area contributed by atoms with Crippen molar-refractivity contribution in [2.75, 3.05) is 36.4 Å². The number of hydrogen-bond acceptors (Lipinski definition) is 4. The van der Waals surface area contributed by atoms with Crippen LogP contribution in [0.5, 0.6) is 11.5 Å². The number of amides is 2. The molecule has 2 aromatic rings. The van der Waals surface area contributed by atoms with Crippen LogP contribution in [0.15, 0.2) is 30.3 Å². The number of rotatable bonds is 7. The molecule has 1 N–H and O–H groups in total. The number of anilines is 2. The Morgan fingerprint density at radius 1 is 1.15 bits per heavy atom. The minimum Gasteiger partial charge on any atom is -0.454 e. The number of fused-ring (bicyclic) bond motifs is 2. The molecule has 184 valence electrons. The summed E-state index contributed by atoms with van der Waals surface area (Å²) < 4.78 is 46.1. The SMILES string of the molecule is CCN(CC)CCN1C(=O)c2cc(Cl)c(NC(=O)C(C)C)cc2Oc2cc(C(F)(F)F)ccc21. The second-order valence-electron chi connectivity index (χ2n) is 8.24. The van der Waals surface area contributed by atoms with E-state index in [0.29, 0.717) is 6.54 Å². The highest BCUT2D eigenvalue weighted by molar-refractivity contribution is 6.34. The van der Waals surface area contributed by atoms with Crippen LogP contribution in [0.25, 0.3) is 0 Å². The molecule has 3 rings (SSSR count). The lowest BCUT2D eigenvalue weighted by Gasteiger charge is -2.26. The predicted octanol–water partition coefficient (Wildman–Crippen LogP) is 6.05. The molecule has 0 aromatic heterocycles. The zero-order chi connectivity index (χ0) is 25.2. The first-order chi connectivity index (χ1) is 16.0. The van der Waals surface area contributed by atoms with Gasteiger partial charge in [0.15, 0.2) is 5.75 Å². The topological polar surface area (TPSA) is 61.9 Å². The lowest BCUT2D eigenvalue weighted by molar-refractivity contribution is -0.137. The first-order valence-corrected chi connectivity index (χ1v) is 11.4. The van der Waals surface area contributed by atoms with Gasteiger partial charge >= 0.3 is 6.18 Å². The average Bonchev–Trinajstić information content (AvgIpc) is 2.88. The van der Waals surface area contributed by atoms with Gasteiger partial charge in [0.05, 0.1) is 27.5 Å². The van der Waals surface area contributed by atoms with Gasteiger partial charge in [0.2, 0.25) is 5.91 Å². The lowest BCUT2D eigenvalue weighted by atomic mass is 10.1. The molecule has 0 bridgehead atoms. The Balaban J connectivity index is 2.11. The van der Waals surface area contributed by atoms with Gasteiger partial charge in [-0.3, -0.25) is 9.59 Å². The van der Waals surface area contributed by atoms with Crippen LogP contribution in [0.2, 0.25) is 5.02 Å². The maximum atomic E-state index is 13.5. The Morgan fingerprint density at radius 3 is 2.41 bits per heavy atom. The zero-order valence-electron chi connectivity index (χ0n) is 19.4. The molecule has 0 saturated carbocycles. The summed E-state index contributed by atoms with van der Waals surface area (Å²) in [5, 5.41) is 2.78. The van der Waals surface area contributed by atoms with E-state index in [2.05, 4.69) is 10.2 Å². The summed E-state index contributed by atoms with van der Waals surface area (Å²) in [5.41, 5.74) is -0.368. The van der Waals surface area contributed by atoms with E-state index < -0.39 is 17.6 Å². The van der Waals surface area contributed by atoms with E-state index in [1.807, 2.05) is 13.8 Å². The van der Waals surface area contributed by atoms with E-state index in [4.69, 9.17) is 16.3 Å². The smallest absolute Gasteiger partial charge is 0.416 e. The maximum Gasteiger partial charge on any atom is 0.416 e. The molecule has 34 heavy (non-hydrogen) atoms. The zero-order valence-corrected chi connectivity index (χ0v) is 20.2. The molecule has 1 aliphatic rings. The number of likely N-dealkylation sites (N-methyl/N-ethyl adjacent to an activating group) is 1. The molecule has 2 aromatic carbocycles. The fourth-order valence-electron chi connectivity index (χ4n) is 3.55. The van der Waals surface area contributed by atoms with Crippen molar-refractivity contribution in [3.63, 3.8) is 0 Å². The molecule has 0 saturated heterocycles. The summed E-state index contributed by atoms with van der Waals surface area (Å²) >= 11 is 6.35. The summed E-state index contributed by atoms with van der Waals surface area (Å²) in [4.78, 5) is 29.2. The van der Waals surface area contributed by atoms with Gasteiger partial charge in [-0.05, 0) is 37.4 Å². The molecule has 0 unspecified atom stereocenters. The minimum atomic E-state index is -4.58. The summed E-state index contributed by atoms with van der Waals surface area (Å²) in [6.45, 7) is 9.66. The third-order valence-electron chi connectivity index (χ3n) is 5.66. The van der Waals surface area contributed by atoms with Gasteiger partial charge in [-0.1, -0.05) is 39.3 Å². The number of nitrogens with one attached hydrogen (secondary N) is 1. The van der Waals surface area contributed by atoms with E-state index in [-0.39, 0.29) is 51.8 Å². The first-order valence-electron chi connectivity index (χ1n) is 11.0. The van der Waals surface area contributed by atoms with Crippen molar-refractivity contribution in [2.24, 2.45) is 5.92 Å². The largest absolute Gasteiger partial charge is 0.454 e. The van der Waals surface area contributed by atoms with Gasteiger partial charge in [-0.15, -0.1) is 0 Å². The molecule has 1 heterocycles. The van der Waals surface area contributed by atoms with Gasteiger partial charge in [0, 0.05) is 25.1 Å². The third kappa shape index (κ3) is 5.47. The van der Waals surface area contributed by atoms with Gasteiger partial charge < -0.3 is 19.9 Å². The summed E-state index contributed by atoms with van der Waals surface area (Å²) in [7, 11) is 0. The molecular formula is C24H27ClF3N3O3. The van der Waals surface area contributed by atoms with E-state index >= 15 is 0 Å². The highest BCUT2D eigenvalue weighted by Crippen LogP contribution is 2.44. The van der Waals surface area contributed by atoms with Crippen molar-refractivity contribution in [2.45, 2.75) is 33.9 Å². The van der Waals surface area contributed by atoms with Crippen molar-refractivity contribution >= 4 is 34.8 Å². The summed E-state index contributed by atoms with van der Waals surface area (Å²) in [6.07, 6.45) is -4.58. The normalized spacial score (nSPS) is 13.5. The summed E-state index contributed by atoms with van der Waals surface area (Å²) in [6, 6.07) is 5.79. The van der Waals surface area contributed by atoms with Gasteiger partial charge in [-0.25, -0.2) is 0 Å². The van der Waals surface area contributed by atoms with Gasteiger partial charge in [0.25, 0.3) is 5.91 Å². The van der Waals surface area contributed by atoms with E-state index in [1.54, 1.807) is 13.8 Å². The Kier molecular flexibility index (Phi) is 7.77. The van der Waals surface area contributed by atoms with Crippen molar-refractivity contribution in [1.29, 1.82) is 0 Å². The van der Waals surface area contributed by atoms with Gasteiger partial charge in [-0.2, -0.15) is 13.2 Å². The number of carbonyl (C=O) groups is 2. The van der Waals surface area contributed by atoms with Crippen LogP contribution in [0, 0.1) is 5.92 Å². The maximum absolute atomic E-state index is 13.5. The van der Waals surface area contributed by atoms with Crippen LogP contribution in [-0.4, -0.2) is 42.9 Å². The Bertz CT molecular complexity index is 1090. The number of nitrogens with zero attached hydrogens (tertiary/aromatic N) is 2. The molecule has 0 atom stereocenters. The average molecular weight is 498 g/mol. The fourth-order valence-corrected chi connectivity index (χ4v) is 3.76. The van der Waals surface area contributed by atoms with Gasteiger partial charge in [0.1, 0.15) is 5.75 Å². The van der Waals surface area contributed by atoms with E-state index in [1.165, 1.54) is 23.1 Å². The third-order valence-corrected chi connectivity index (χ3v) is 5.97. The number of halogens is 4. The number of ether oxygens (including phenoxy) is 1. The fraction of sp³-hybridized carbons (Fsp3) is 0.417. The Morgan fingerprint density at radius 2 is 1.82 bits per heavy atom. The molecule has 0 radical (unpaired) electrons. The van der Waals surface area contributed by atoms with Crippen LogP contribution >= 0.6 is 11.6 Å². The second-order valence-corrected chi connectivity index (χ2v) is 8.65. The molecule has 1 aliphatic heterocycles. The minimum absolute atomic E-state index is 0.0133. The number of benzene rings is 2. The second kappa shape index (κ2) is 10.2. The first kappa shape index (κ1) is 25.8. The monoisotopic (exact) mass is 497 g/mol. The van der Waals surface area contributed by atoms with Crippen LogP contribution in [0.1, 0.15) is 43.6 Å². The molecule has 0 spiro atoms.